The van der Waals surface area contributed by atoms with E-state index in [2.05, 4.69) is 32.1 Å². The molecule has 26 heavy (non-hydrogen) atoms. The van der Waals surface area contributed by atoms with Gasteiger partial charge < -0.3 is 14.8 Å². The van der Waals surface area contributed by atoms with Crippen molar-refractivity contribution >= 4 is 45.5 Å². The second-order valence-electron chi connectivity index (χ2n) is 5.24. The Bertz CT molecular complexity index is 818. The molecular formula is C17H15BrN2O5S. The van der Waals surface area contributed by atoms with Crippen molar-refractivity contribution in [2.75, 3.05) is 20.0 Å². The number of allylic oxidation sites excluding steroid dienone is 1. The van der Waals surface area contributed by atoms with Crippen LogP contribution in [0.1, 0.15) is 11.5 Å². The Kier molecular flexibility index (Phi) is 6.83. The molecule has 1 aromatic rings. The first kappa shape index (κ1) is 20.0. The molecule has 1 aliphatic rings. The van der Waals surface area contributed by atoms with Gasteiger partial charge in [0.05, 0.1) is 36.6 Å². The highest BCUT2D eigenvalue weighted by atomic mass is 79.9. The fourth-order valence-electron chi connectivity index (χ4n) is 2.57. The third-order valence-corrected chi connectivity index (χ3v) is 5.24. The number of carbonyl (C=O) groups excluding carboxylic acids is 3. The molecule has 0 aliphatic carbocycles. The highest BCUT2D eigenvalue weighted by Crippen LogP contribution is 2.40. The molecule has 136 valence electrons. The molecular weight excluding hydrogens is 424 g/mol. The van der Waals surface area contributed by atoms with Gasteiger partial charge in [-0.1, -0.05) is 39.8 Å². The largest absolute Gasteiger partial charge is 0.468 e. The van der Waals surface area contributed by atoms with Gasteiger partial charge in [-0.15, -0.1) is 0 Å². The quantitative estimate of drug-likeness (QED) is 0.553. The summed E-state index contributed by atoms with van der Waals surface area (Å²) in [6, 6.07) is 9.06. The van der Waals surface area contributed by atoms with Gasteiger partial charge in [-0.25, -0.2) is 0 Å². The van der Waals surface area contributed by atoms with Crippen LogP contribution in [0, 0.1) is 17.2 Å². The van der Waals surface area contributed by atoms with Gasteiger partial charge in [0.15, 0.2) is 0 Å². The van der Waals surface area contributed by atoms with Crippen molar-refractivity contribution in [1.82, 2.24) is 5.32 Å². The van der Waals surface area contributed by atoms with Crippen molar-refractivity contribution in [3.05, 3.63) is 44.9 Å². The van der Waals surface area contributed by atoms with Crippen LogP contribution in [0.25, 0.3) is 0 Å². The Morgan fingerprint density at radius 1 is 1.35 bits per heavy atom. The minimum atomic E-state index is -1.20. The van der Waals surface area contributed by atoms with E-state index in [0.29, 0.717) is 5.56 Å². The summed E-state index contributed by atoms with van der Waals surface area (Å²) in [5.41, 5.74) is 0.796. The van der Waals surface area contributed by atoms with E-state index < -0.39 is 29.7 Å². The van der Waals surface area contributed by atoms with Crippen molar-refractivity contribution < 1.29 is 23.9 Å². The van der Waals surface area contributed by atoms with Crippen molar-refractivity contribution in [3.8, 4) is 6.07 Å². The van der Waals surface area contributed by atoms with Crippen molar-refractivity contribution in [3.63, 3.8) is 0 Å². The van der Waals surface area contributed by atoms with Crippen LogP contribution in [0.15, 0.2) is 39.3 Å². The average Bonchev–Trinajstić information content (AvgIpc) is 2.64. The van der Waals surface area contributed by atoms with Crippen LogP contribution in [-0.2, 0) is 23.9 Å². The predicted octanol–water partition coefficient (Wildman–Crippen LogP) is 2.09. The number of carbonyl (C=O) groups is 3. The third-order valence-electron chi connectivity index (χ3n) is 3.75. The maximum absolute atomic E-state index is 12.6. The number of hydrogen-bond donors (Lipinski definition) is 1. The third kappa shape index (κ3) is 4.26. The smallest absolute Gasteiger partial charge is 0.319 e. The van der Waals surface area contributed by atoms with E-state index in [-0.39, 0.29) is 16.4 Å². The SMILES string of the molecule is COC(=O)CSC1=C(C#N)[C@@H](c2cccc(Br)c2)[C@@H](C(=O)OC)C(=O)N1. The highest BCUT2D eigenvalue weighted by molar-refractivity contribution is 9.10. The molecule has 0 saturated carbocycles. The molecule has 1 aliphatic heterocycles. The number of nitrogens with zero attached hydrogens (tertiary/aromatic N) is 1. The first-order chi connectivity index (χ1) is 12.4. The summed E-state index contributed by atoms with van der Waals surface area (Å²) in [6.07, 6.45) is 0. The van der Waals surface area contributed by atoms with E-state index in [0.717, 1.165) is 16.2 Å². The van der Waals surface area contributed by atoms with Crippen molar-refractivity contribution in [2.24, 2.45) is 5.92 Å². The van der Waals surface area contributed by atoms with Gasteiger partial charge in [-0.3, -0.25) is 14.4 Å². The second-order valence-corrected chi connectivity index (χ2v) is 7.14. The standard InChI is InChI=1S/C17H15BrN2O5S/c1-24-12(21)8-26-16-11(7-19)13(9-4-3-5-10(18)6-9)14(15(22)20-16)17(23)25-2/h3-6,13-14H,8H2,1-2H3,(H,20,22)/t13-,14-/m1/s1. The Hall–Kier alpha value is -2.31. The van der Waals surface area contributed by atoms with Gasteiger partial charge in [0.2, 0.25) is 5.91 Å². The van der Waals surface area contributed by atoms with Crippen LogP contribution in [0.2, 0.25) is 0 Å². The number of nitrogens with one attached hydrogen (secondary N) is 1. The first-order valence-electron chi connectivity index (χ1n) is 7.41. The molecule has 0 bridgehead atoms. The number of rotatable bonds is 5. The molecule has 0 unspecified atom stereocenters. The molecule has 9 heteroatoms. The van der Waals surface area contributed by atoms with Crippen LogP contribution < -0.4 is 5.32 Å². The van der Waals surface area contributed by atoms with Gasteiger partial charge >= 0.3 is 11.9 Å². The number of amides is 1. The van der Waals surface area contributed by atoms with Crippen molar-refractivity contribution in [2.45, 2.75) is 5.92 Å². The first-order valence-corrected chi connectivity index (χ1v) is 9.18. The van der Waals surface area contributed by atoms with E-state index in [1.165, 1.54) is 14.2 Å². The Morgan fingerprint density at radius 2 is 2.08 bits per heavy atom. The lowest BCUT2D eigenvalue weighted by Gasteiger charge is -2.30. The van der Waals surface area contributed by atoms with Gasteiger partial charge in [-0.2, -0.15) is 5.26 Å². The van der Waals surface area contributed by atoms with E-state index >= 15 is 0 Å². The molecule has 0 saturated heterocycles. The molecule has 2 rings (SSSR count). The lowest BCUT2D eigenvalue weighted by molar-refractivity contribution is -0.150. The number of halogens is 1. The summed E-state index contributed by atoms with van der Waals surface area (Å²) in [5, 5.41) is 12.5. The Labute approximate surface area is 162 Å². The van der Waals surface area contributed by atoms with Gasteiger partial charge in [-0.05, 0) is 17.7 Å². The summed E-state index contributed by atoms with van der Waals surface area (Å²) in [6.45, 7) is 0. The molecule has 1 aromatic carbocycles. The van der Waals surface area contributed by atoms with E-state index in [4.69, 9.17) is 4.74 Å². The van der Waals surface area contributed by atoms with Gasteiger partial charge in [0, 0.05) is 10.4 Å². The molecule has 7 nitrogen and oxygen atoms in total. The number of nitriles is 1. The molecule has 0 radical (unpaired) electrons. The Balaban J connectivity index is 2.55. The fraction of sp³-hybridized carbons (Fsp3) is 0.294. The maximum atomic E-state index is 12.6. The zero-order valence-corrected chi connectivity index (χ0v) is 16.3. The molecule has 1 heterocycles. The number of hydrogen-bond acceptors (Lipinski definition) is 7. The highest BCUT2D eigenvalue weighted by Gasteiger charge is 2.44. The Morgan fingerprint density at radius 3 is 2.65 bits per heavy atom. The average molecular weight is 439 g/mol. The van der Waals surface area contributed by atoms with Gasteiger partial charge in [0.25, 0.3) is 0 Å². The lowest BCUT2D eigenvalue weighted by Crippen LogP contribution is -2.44. The summed E-state index contributed by atoms with van der Waals surface area (Å²) < 4.78 is 10.1. The van der Waals surface area contributed by atoms with Crippen LogP contribution in [0.3, 0.4) is 0 Å². The normalized spacial score (nSPS) is 19.4. The van der Waals surface area contributed by atoms with E-state index in [9.17, 15) is 19.6 Å². The molecule has 2 atom stereocenters. The topological polar surface area (TPSA) is 105 Å². The lowest BCUT2D eigenvalue weighted by atomic mass is 9.78. The number of thioether (sulfide) groups is 1. The molecule has 0 spiro atoms. The van der Waals surface area contributed by atoms with Crippen LogP contribution >= 0.6 is 27.7 Å². The predicted molar refractivity (Wildman–Crippen MR) is 97.6 cm³/mol. The molecule has 1 N–H and O–H groups in total. The van der Waals surface area contributed by atoms with Crippen LogP contribution in [0.5, 0.6) is 0 Å². The zero-order chi connectivity index (χ0) is 19.3. The van der Waals surface area contributed by atoms with Gasteiger partial charge in [0.1, 0.15) is 5.92 Å². The number of esters is 2. The second kappa shape index (κ2) is 8.87. The molecule has 1 amide bonds. The summed E-state index contributed by atoms with van der Waals surface area (Å²) >= 11 is 4.33. The number of ether oxygens (including phenoxy) is 2. The number of benzene rings is 1. The minimum Gasteiger partial charge on any atom is -0.468 e. The zero-order valence-electron chi connectivity index (χ0n) is 13.9. The maximum Gasteiger partial charge on any atom is 0.319 e. The van der Waals surface area contributed by atoms with Crippen LogP contribution in [0.4, 0.5) is 0 Å². The fourth-order valence-corrected chi connectivity index (χ4v) is 3.87. The summed E-state index contributed by atoms with van der Waals surface area (Å²) in [7, 11) is 2.43. The number of methoxy groups -OCH3 is 2. The monoisotopic (exact) mass is 438 g/mol. The minimum absolute atomic E-state index is 0.0780. The van der Waals surface area contributed by atoms with Crippen molar-refractivity contribution in [1.29, 1.82) is 5.26 Å². The molecule has 0 fully saturated rings. The van der Waals surface area contributed by atoms with E-state index in [1.54, 1.807) is 24.3 Å². The summed E-state index contributed by atoms with van der Waals surface area (Å²) in [5.74, 6) is -3.93. The van der Waals surface area contributed by atoms with Crippen LogP contribution in [-0.4, -0.2) is 37.8 Å². The molecule has 0 aromatic heterocycles. The summed E-state index contributed by atoms with van der Waals surface area (Å²) in [4.78, 5) is 36.2. The van der Waals surface area contributed by atoms with E-state index in [1.807, 2.05) is 0 Å².